The highest BCUT2D eigenvalue weighted by atomic mass is 16.6. The Balaban J connectivity index is 1.94. The van der Waals surface area contributed by atoms with E-state index in [0.29, 0.717) is 5.56 Å². The molecule has 1 fully saturated rings. The molecule has 22 heavy (non-hydrogen) atoms. The normalized spacial score (nSPS) is 20.7. The van der Waals surface area contributed by atoms with Crippen LogP contribution in [-0.4, -0.2) is 50.8 Å². The summed E-state index contributed by atoms with van der Waals surface area (Å²) in [6, 6.07) is 4.34. The minimum atomic E-state index is -1.20. The van der Waals surface area contributed by atoms with Gasteiger partial charge in [0.2, 0.25) is 0 Å². The zero-order valence-corrected chi connectivity index (χ0v) is 11.4. The minimum absolute atomic E-state index is 0.0397. The molecule has 0 aromatic heterocycles. The molecule has 1 saturated heterocycles. The monoisotopic (exact) mass is 310 g/mol. The predicted molar refractivity (Wildman–Crippen MR) is 72.0 cm³/mol. The molecule has 0 aliphatic carbocycles. The zero-order valence-electron chi connectivity index (χ0n) is 11.4. The molecule has 0 spiro atoms. The van der Waals surface area contributed by atoms with Crippen LogP contribution in [0.15, 0.2) is 24.3 Å². The summed E-state index contributed by atoms with van der Waals surface area (Å²) < 4.78 is 4.98. The number of likely N-dealkylation sites (tertiary alicyclic amines) is 1. The van der Waals surface area contributed by atoms with Gasteiger partial charge in [0.1, 0.15) is 12.6 Å². The van der Waals surface area contributed by atoms with Crippen molar-refractivity contribution in [1.82, 2.24) is 4.90 Å². The number of carboxylic acids is 1. The average Bonchev–Trinajstić information content (AvgIpc) is 2.87. The Morgan fingerprint density at radius 1 is 1.36 bits per heavy atom. The summed E-state index contributed by atoms with van der Waals surface area (Å²) in [6.45, 7) is -0.244. The molecule has 1 heterocycles. The van der Waals surface area contributed by atoms with E-state index in [1.165, 1.54) is 24.3 Å². The topological polar surface area (TPSA) is 130 Å². The summed E-state index contributed by atoms with van der Waals surface area (Å²) in [5.41, 5.74) is 0.453. The van der Waals surface area contributed by atoms with E-state index in [2.05, 4.69) is 0 Å². The standard InChI is InChI=1S/C13H14N2O7/c16-10-5-11(12(17)18)14(6-10)13(19)22-7-8-1-3-9(4-2-8)15(20)21/h1-4,10-11,16H,5-7H2,(H,17,18)/t10-,11?/m1/s1. The van der Waals surface area contributed by atoms with Gasteiger partial charge in [0.15, 0.2) is 0 Å². The van der Waals surface area contributed by atoms with Crippen LogP contribution in [0.25, 0.3) is 0 Å². The Kier molecular flexibility index (Phi) is 4.56. The van der Waals surface area contributed by atoms with Crippen LogP contribution in [0.1, 0.15) is 12.0 Å². The second kappa shape index (κ2) is 6.39. The van der Waals surface area contributed by atoms with E-state index in [1.54, 1.807) is 0 Å². The number of carboxylic acid groups (broad SMARTS) is 1. The fraction of sp³-hybridized carbons (Fsp3) is 0.385. The lowest BCUT2D eigenvalue weighted by molar-refractivity contribution is -0.384. The first-order chi connectivity index (χ1) is 10.4. The van der Waals surface area contributed by atoms with Crippen molar-refractivity contribution in [2.45, 2.75) is 25.2 Å². The molecule has 1 unspecified atom stereocenters. The van der Waals surface area contributed by atoms with Crippen LogP contribution in [0.4, 0.5) is 10.5 Å². The van der Waals surface area contributed by atoms with Gasteiger partial charge in [-0.15, -0.1) is 0 Å². The van der Waals surface area contributed by atoms with Gasteiger partial charge in [0.05, 0.1) is 17.6 Å². The minimum Gasteiger partial charge on any atom is -0.480 e. The Morgan fingerprint density at radius 3 is 2.55 bits per heavy atom. The smallest absolute Gasteiger partial charge is 0.410 e. The van der Waals surface area contributed by atoms with Crippen molar-refractivity contribution >= 4 is 17.7 Å². The molecule has 9 nitrogen and oxygen atoms in total. The van der Waals surface area contributed by atoms with E-state index >= 15 is 0 Å². The van der Waals surface area contributed by atoms with Gasteiger partial charge in [-0.25, -0.2) is 9.59 Å². The van der Waals surface area contributed by atoms with Crippen molar-refractivity contribution in [2.24, 2.45) is 0 Å². The Bertz CT molecular complexity index is 587. The van der Waals surface area contributed by atoms with E-state index < -0.39 is 29.1 Å². The SMILES string of the molecule is O=C(O)C1C[C@@H](O)CN1C(=O)OCc1ccc([N+](=O)[O-])cc1. The van der Waals surface area contributed by atoms with Crippen molar-refractivity contribution in [2.75, 3.05) is 6.54 Å². The highest BCUT2D eigenvalue weighted by molar-refractivity contribution is 5.80. The van der Waals surface area contributed by atoms with Crippen LogP contribution in [0.3, 0.4) is 0 Å². The molecule has 1 aromatic rings. The molecule has 1 aliphatic rings. The number of nitro groups is 1. The number of aliphatic carboxylic acids is 1. The number of carbonyl (C=O) groups is 2. The number of hydrogen-bond acceptors (Lipinski definition) is 6. The van der Waals surface area contributed by atoms with E-state index in [4.69, 9.17) is 9.84 Å². The molecule has 9 heteroatoms. The number of benzene rings is 1. The number of nitrogens with zero attached hydrogens (tertiary/aromatic N) is 2. The highest BCUT2D eigenvalue weighted by Gasteiger charge is 2.39. The van der Waals surface area contributed by atoms with Gasteiger partial charge in [-0.1, -0.05) is 0 Å². The number of ether oxygens (including phenoxy) is 1. The van der Waals surface area contributed by atoms with Crippen molar-refractivity contribution in [3.05, 3.63) is 39.9 Å². The maximum atomic E-state index is 11.9. The fourth-order valence-electron chi connectivity index (χ4n) is 2.19. The number of rotatable bonds is 4. The van der Waals surface area contributed by atoms with E-state index in [0.717, 1.165) is 4.90 Å². The highest BCUT2D eigenvalue weighted by Crippen LogP contribution is 2.20. The molecule has 1 amide bonds. The largest absolute Gasteiger partial charge is 0.480 e. The number of amides is 1. The van der Waals surface area contributed by atoms with Gasteiger partial charge < -0.3 is 14.9 Å². The molecule has 2 N–H and O–H groups in total. The maximum absolute atomic E-state index is 11.9. The Morgan fingerprint density at radius 2 is 2.00 bits per heavy atom. The third-order valence-electron chi connectivity index (χ3n) is 3.31. The van der Waals surface area contributed by atoms with Crippen molar-refractivity contribution < 1.29 is 29.5 Å². The van der Waals surface area contributed by atoms with Gasteiger partial charge in [0, 0.05) is 18.6 Å². The maximum Gasteiger partial charge on any atom is 0.410 e. The lowest BCUT2D eigenvalue weighted by Gasteiger charge is -2.20. The lowest BCUT2D eigenvalue weighted by Crippen LogP contribution is -2.40. The number of carbonyl (C=O) groups excluding carboxylic acids is 1. The van der Waals surface area contributed by atoms with E-state index in [9.17, 15) is 24.8 Å². The molecular formula is C13H14N2O7. The van der Waals surface area contributed by atoms with Crippen molar-refractivity contribution in [3.63, 3.8) is 0 Å². The number of nitro benzene ring substituents is 1. The van der Waals surface area contributed by atoms with Crippen LogP contribution in [0.2, 0.25) is 0 Å². The molecule has 0 bridgehead atoms. The number of hydrogen-bond donors (Lipinski definition) is 2. The number of aliphatic hydroxyl groups is 1. The van der Waals surface area contributed by atoms with Crippen LogP contribution in [0.5, 0.6) is 0 Å². The number of aliphatic hydroxyl groups excluding tert-OH is 1. The predicted octanol–water partition coefficient (Wildman–Crippen LogP) is 0.751. The molecule has 2 atom stereocenters. The quantitative estimate of drug-likeness (QED) is 0.619. The summed E-state index contributed by atoms with van der Waals surface area (Å²) in [7, 11) is 0. The van der Waals surface area contributed by atoms with Crippen molar-refractivity contribution in [1.29, 1.82) is 0 Å². The summed E-state index contributed by atoms with van der Waals surface area (Å²) in [5.74, 6) is -1.20. The van der Waals surface area contributed by atoms with E-state index in [1.807, 2.05) is 0 Å². The molecule has 118 valence electrons. The first-order valence-corrected chi connectivity index (χ1v) is 6.46. The zero-order chi connectivity index (χ0) is 16.3. The van der Waals surface area contributed by atoms with Crippen LogP contribution >= 0.6 is 0 Å². The molecule has 1 aromatic carbocycles. The van der Waals surface area contributed by atoms with E-state index in [-0.39, 0.29) is 25.3 Å². The first kappa shape index (κ1) is 15.7. The third kappa shape index (κ3) is 3.50. The van der Waals surface area contributed by atoms with Crippen LogP contribution in [0, 0.1) is 10.1 Å². The molecule has 0 saturated carbocycles. The summed E-state index contributed by atoms with van der Waals surface area (Å²) in [4.78, 5) is 33.8. The summed E-state index contributed by atoms with van der Waals surface area (Å²) >= 11 is 0. The molecular weight excluding hydrogens is 296 g/mol. The number of non-ortho nitro benzene ring substituents is 1. The number of β-amino-alcohol motifs (C(OH)–C–C–N with tert-alkyl or cyclic N) is 1. The van der Waals surface area contributed by atoms with Crippen LogP contribution in [-0.2, 0) is 16.1 Å². The van der Waals surface area contributed by atoms with Gasteiger partial charge >= 0.3 is 12.1 Å². The van der Waals surface area contributed by atoms with Gasteiger partial charge in [-0.05, 0) is 17.7 Å². The second-order valence-electron chi connectivity index (χ2n) is 4.87. The third-order valence-corrected chi connectivity index (χ3v) is 3.31. The second-order valence-corrected chi connectivity index (χ2v) is 4.87. The van der Waals surface area contributed by atoms with Crippen LogP contribution < -0.4 is 0 Å². The molecule has 0 radical (unpaired) electrons. The average molecular weight is 310 g/mol. The Labute approximate surface area is 124 Å². The lowest BCUT2D eigenvalue weighted by atomic mass is 10.2. The van der Waals surface area contributed by atoms with Gasteiger partial charge in [0.25, 0.3) is 5.69 Å². The Hall–Kier alpha value is -2.68. The van der Waals surface area contributed by atoms with Gasteiger partial charge in [-0.3, -0.25) is 15.0 Å². The fourth-order valence-corrected chi connectivity index (χ4v) is 2.19. The van der Waals surface area contributed by atoms with Gasteiger partial charge in [-0.2, -0.15) is 0 Å². The molecule has 1 aliphatic heterocycles. The summed E-state index contributed by atoms with van der Waals surface area (Å²) in [6.07, 6.45) is -1.78. The molecule has 2 rings (SSSR count). The summed E-state index contributed by atoms with van der Waals surface area (Å²) in [5, 5.41) is 29.0. The van der Waals surface area contributed by atoms with Crippen molar-refractivity contribution in [3.8, 4) is 0 Å². The first-order valence-electron chi connectivity index (χ1n) is 6.46.